The maximum Gasteiger partial charge on any atom is 0.323 e. The first-order valence-electron chi connectivity index (χ1n) is 5.66. The first-order chi connectivity index (χ1) is 8.13. The van der Waals surface area contributed by atoms with E-state index in [-0.39, 0.29) is 6.54 Å². The average molecular weight is 239 g/mol. The standard InChI is InChI=1S/C10H15N3O2.C2H6/c1-11-5-8-3-4-9(12-6-8)13(2)7-10(14)15;1-2/h3-4,6,11H,5,7H2,1-2H3,(H,14,15);1-2H3. The van der Waals surface area contributed by atoms with E-state index in [1.165, 1.54) is 0 Å². The fourth-order valence-corrected chi connectivity index (χ4v) is 1.24. The molecular formula is C12H21N3O2. The number of likely N-dealkylation sites (N-methyl/N-ethyl adjacent to an activating group) is 1. The predicted octanol–water partition coefficient (Wildman–Crippen LogP) is 1.35. The number of carboxylic acids is 1. The Morgan fingerprint density at radius 1 is 1.47 bits per heavy atom. The highest BCUT2D eigenvalue weighted by Gasteiger charge is 2.06. The number of pyridine rings is 1. The summed E-state index contributed by atoms with van der Waals surface area (Å²) < 4.78 is 0. The largest absolute Gasteiger partial charge is 0.480 e. The molecule has 0 bridgehead atoms. The van der Waals surface area contributed by atoms with Gasteiger partial charge in [0.15, 0.2) is 0 Å². The van der Waals surface area contributed by atoms with Crippen LogP contribution in [-0.2, 0) is 11.3 Å². The van der Waals surface area contributed by atoms with Gasteiger partial charge in [-0.3, -0.25) is 4.79 Å². The van der Waals surface area contributed by atoms with Crippen LogP contribution >= 0.6 is 0 Å². The van der Waals surface area contributed by atoms with E-state index in [9.17, 15) is 4.79 Å². The molecule has 17 heavy (non-hydrogen) atoms. The molecule has 1 heterocycles. The summed E-state index contributed by atoms with van der Waals surface area (Å²) in [6, 6.07) is 3.74. The number of anilines is 1. The van der Waals surface area contributed by atoms with Crippen LogP contribution in [0.2, 0.25) is 0 Å². The summed E-state index contributed by atoms with van der Waals surface area (Å²) >= 11 is 0. The Bertz CT molecular complexity index is 325. The van der Waals surface area contributed by atoms with Crippen molar-refractivity contribution >= 4 is 11.8 Å². The van der Waals surface area contributed by atoms with Crippen LogP contribution in [0.25, 0.3) is 0 Å². The predicted molar refractivity (Wildman–Crippen MR) is 69.3 cm³/mol. The lowest BCUT2D eigenvalue weighted by Crippen LogP contribution is -2.25. The van der Waals surface area contributed by atoms with Gasteiger partial charge in [-0.25, -0.2) is 4.98 Å². The molecule has 0 radical (unpaired) electrons. The average Bonchev–Trinajstić information content (AvgIpc) is 2.32. The van der Waals surface area contributed by atoms with Crippen molar-refractivity contribution in [2.24, 2.45) is 0 Å². The lowest BCUT2D eigenvalue weighted by molar-refractivity contribution is -0.135. The first kappa shape index (κ1) is 15.4. The number of carboxylic acid groups (broad SMARTS) is 1. The molecular weight excluding hydrogens is 218 g/mol. The van der Waals surface area contributed by atoms with Crippen LogP contribution in [0.15, 0.2) is 18.3 Å². The normalized spacial score (nSPS) is 9.18. The lowest BCUT2D eigenvalue weighted by atomic mass is 10.3. The SMILES string of the molecule is CC.CNCc1ccc(N(C)CC(=O)O)nc1. The molecule has 1 aromatic rings. The highest BCUT2D eigenvalue weighted by atomic mass is 16.4. The third kappa shape index (κ3) is 5.87. The minimum absolute atomic E-state index is 0.0433. The molecule has 5 nitrogen and oxygen atoms in total. The van der Waals surface area contributed by atoms with Crippen LogP contribution < -0.4 is 10.2 Å². The van der Waals surface area contributed by atoms with Crippen LogP contribution in [0.4, 0.5) is 5.82 Å². The lowest BCUT2D eigenvalue weighted by Gasteiger charge is -2.15. The molecule has 2 N–H and O–H groups in total. The van der Waals surface area contributed by atoms with Crippen molar-refractivity contribution < 1.29 is 9.90 Å². The van der Waals surface area contributed by atoms with Crippen LogP contribution in [0, 0.1) is 0 Å². The second-order valence-corrected chi connectivity index (χ2v) is 3.30. The van der Waals surface area contributed by atoms with E-state index in [2.05, 4.69) is 10.3 Å². The molecule has 0 saturated heterocycles. The Morgan fingerprint density at radius 3 is 2.53 bits per heavy atom. The van der Waals surface area contributed by atoms with Crippen molar-refractivity contribution in [2.45, 2.75) is 20.4 Å². The Morgan fingerprint density at radius 2 is 2.12 bits per heavy atom. The second-order valence-electron chi connectivity index (χ2n) is 3.30. The van der Waals surface area contributed by atoms with Gasteiger partial charge in [-0.2, -0.15) is 0 Å². The molecule has 0 aliphatic carbocycles. The number of carbonyl (C=O) groups is 1. The smallest absolute Gasteiger partial charge is 0.323 e. The van der Waals surface area contributed by atoms with Gasteiger partial charge in [-0.1, -0.05) is 19.9 Å². The summed E-state index contributed by atoms with van der Waals surface area (Å²) in [6.07, 6.45) is 1.74. The minimum atomic E-state index is -0.862. The van der Waals surface area contributed by atoms with E-state index in [0.717, 1.165) is 12.1 Å². The monoisotopic (exact) mass is 239 g/mol. The van der Waals surface area contributed by atoms with Gasteiger partial charge in [0.2, 0.25) is 0 Å². The Kier molecular flexibility index (Phi) is 7.71. The molecule has 0 atom stereocenters. The van der Waals surface area contributed by atoms with Gasteiger partial charge in [0, 0.05) is 19.8 Å². The summed E-state index contributed by atoms with van der Waals surface area (Å²) in [6.45, 7) is 4.72. The molecule has 0 spiro atoms. The third-order valence-corrected chi connectivity index (χ3v) is 1.95. The van der Waals surface area contributed by atoms with E-state index in [0.29, 0.717) is 5.82 Å². The van der Waals surface area contributed by atoms with Crippen LogP contribution in [0.3, 0.4) is 0 Å². The molecule has 0 unspecified atom stereocenters. The number of rotatable bonds is 5. The molecule has 0 aromatic carbocycles. The van der Waals surface area contributed by atoms with E-state index in [4.69, 9.17) is 5.11 Å². The fraction of sp³-hybridized carbons (Fsp3) is 0.500. The van der Waals surface area contributed by atoms with Gasteiger partial charge in [-0.15, -0.1) is 0 Å². The number of nitrogens with one attached hydrogen (secondary N) is 1. The maximum atomic E-state index is 10.5. The highest BCUT2D eigenvalue weighted by Crippen LogP contribution is 2.08. The summed E-state index contributed by atoms with van der Waals surface area (Å²) in [5.74, 6) is -0.198. The van der Waals surface area contributed by atoms with Gasteiger partial charge >= 0.3 is 5.97 Å². The number of nitrogens with zero attached hydrogens (tertiary/aromatic N) is 2. The summed E-state index contributed by atoms with van der Waals surface area (Å²) in [5, 5.41) is 11.6. The maximum absolute atomic E-state index is 10.5. The Labute approximate surface area is 102 Å². The van der Waals surface area contributed by atoms with Gasteiger partial charge in [-0.05, 0) is 18.7 Å². The molecule has 0 fully saturated rings. The van der Waals surface area contributed by atoms with Crippen molar-refractivity contribution in [2.75, 3.05) is 25.5 Å². The zero-order valence-electron chi connectivity index (χ0n) is 10.9. The Balaban J connectivity index is 0.00000121. The number of hydrogen-bond donors (Lipinski definition) is 2. The quantitative estimate of drug-likeness (QED) is 0.812. The van der Waals surface area contributed by atoms with E-state index >= 15 is 0 Å². The van der Waals surface area contributed by atoms with Crippen molar-refractivity contribution in [1.82, 2.24) is 10.3 Å². The molecule has 96 valence electrons. The molecule has 1 rings (SSSR count). The number of aromatic nitrogens is 1. The molecule has 0 saturated carbocycles. The fourth-order valence-electron chi connectivity index (χ4n) is 1.24. The third-order valence-electron chi connectivity index (χ3n) is 1.95. The van der Waals surface area contributed by atoms with Crippen molar-refractivity contribution in [3.63, 3.8) is 0 Å². The van der Waals surface area contributed by atoms with Gasteiger partial charge in [0.25, 0.3) is 0 Å². The number of hydrogen-bond acceptors (Lipinski definition) is 4. The van der Waals surface area contributed by atoms with Crippen molar-refractivity contribution in [3.8, 4) is 0 Å². The second kappa shape index (κ2) is 8.52. The van der Waals surface area contributed by atoms with E-state index in [1.54, 1.807) is 18.1 Å². The summed E-state index contributed by atoms with van der Waals surface area (Å²) in [4.78, 5) is 16.2. The molecule has 0 aliphatic rings. The summed E-state index contributed by atoms with van der Waals surface area (Å²) in [7, 11) is 3.57. The number of aliphatic carboxylic acids is 1. The van der Waals surface area contributed by atoms with E-state index < -0.39 is 5.97 Å². The van der Waals surface area contributed by atoms with Gasteiger partial charge < -0.3 is 15.3 Å². The Hall–Kier alpha value is -1.62. The van der Waals surface area contributed by atoms with Crippen LogP contribution in [-0.4, -0.2) is 36.7 Å². The molecule has 0 aliphatic heterocycles. The molecule has 0 amide bonds. The molecule has 1 aromatic heterocycles. The van der Waals surface area contributed by atoms with Crippen LogP contribution in [0.5, 0.6) is 0 Å². The van der Waals surface area contributed by atoms with E-state index in [1.807, 2.05) is 33.0 Å². The topological polar surface area (TPSA) is 65.5 Å². The van der Waals surface area contributed by atoms with Crippen molar-refractivity contribution in [3.05, 3.63) is 23.9 Å². The summed E-state index contributed by atoms with van der Waals surface area (Å²) in [5.41, 5.74) is 1.07. The zero-order chi connectivity index (χ0) is 13.3. The highest BCUT2D eigenvalue weighted by molar-refractivity contribution is 5.72. The zero-order valence-corrected chi connectivity index (χ0v) is 10.9. The van der Waals surface area contributed by atoms with Gasteiger partial charge in [0.05, 0.1) is 0 Å². The minimum Gasteiger partial charge on any atom is -0.480 e. The van der Waals surface area contributed by atoms with Gasteiger partial charge in [0.1, 0.15) is 12.4 Å². The first-order valence-corrected chi connectivity index (χ1v) is 5.66. The van der Waals surface area contributed by atoms with Crippen molar-refractivity contribution in [1.29, 1.82) is 0 Å². The molecule has 5 heteroatoms. The van der Waals surface area contributed by atoms with Crippen LogP contribution in [0.1, 0.15) is 19.4 Å².